The highest BCUT2D eigenvalue weighted by molar-refractivity contribution is 5.89. The van der Waals surface area contributed by atoms with Gasteiger partial charge in [0.2, 0.25) is 0 Å². The Labute approximate surface area is 175 Å². The SMILES string of the molecule is COc1ccc2c3c1O[C@H]1[C@@H](OC(=O)c4cccnc4)C=C[C@H]4[C@@H](C2)N(C)CC[C@@]341. The highest BCUT2D eigenvalue weighted by Crippen LogP contribution is 2.62. The van der Waals surface area contributed by atoms with E-state index >= 15 is 0 Å². The van der Waals surface area contributed by atoms with Gasteiger partial charge in [-0.15, -0.1) is 0 Å². The Balaban J connectivity index is 1.46. The Bertz CT molecular complexity index is 1050. The van der Waals surface area contributed by atoms with Gasteiger partial charge in [-0.05, 0) is 56.3 Å². The summed E-state index contributed by atoms with van der Waals surface area (Å²) in [6, 6.07) is 8.07. The minimum atomic E-state index is -0.457. The lowest BCUT2D eigenvalue weighted by Crippen LogP contribution is -2.65. The highest BCUT2D eigenvalue weighted by Gasteiger charge is 2.65. The molecule has 3 heterocycles. The molecular formula is C24H24N2O4. The number of carbonyl (C=O) groups excluding carboxylic acids is 1. The summed E-state index contributed by atoms with van der Waals surface area (Å²) >= 11 is 0. The van der Waals surface area contributed by atoms with E-state index in [1.165, 1.54) is 17.3 Å². The van der Waals surface area contributed by atoms with E-state index in [4.69, 9.17) is 14.2 Å². The van der Waals surface area contributed by atoms with Crippen LogP contribution >= 0.6 is 0 Å². The standard InChI is InChI=1S/C24H24N2O4/c1-26-11-9-24-16-6-8-19(29-23(27)15-4-3-10-25-13-15)22(24)30-21-18(28-2)7-5-14(20(21)24)12-17(16)26/h3-8,10,13,16-17,19,22H,9,11-12H2,1-2H3/t16-,17+,19-,22-,24-/m0/s1. The average molecular weight is 404 g/mol. The molecule has 1 saturated heterocycles. The van der Waals surface area contributed by atoms with Gasteiger partial charge < -0.3 is 19.1 Å². The number of nitrogens with zero attached hydrogens (tertiary/aromatic N) is 2. The Kier molecular flexibility index (Phi) is 3.78. The van der Waals surface area contributed by atoms with Crippen LogP contribution in [0, 0.1) is 5.92 Å². The van der Waals surface area contributed by atoms with Gasteiger partial charge in [0.1, 0.15) is 6.10 Å². The Morgan fingerprint density at radius 1 is 1.30 bits per heavy atom. The molecule has 0 amide bonds. The first-order valence-electron chi connectivity index (χ1n) is 10.5. The molecule has 6 nitrogen and oxygen atoms in total. The van der Waals surface area contributed by atoms with E-state index in [1.54, 1.807) is 25.4 Å². The number of benzene rings is 1. The summed E-state index contributed by atoms with van der Waals surface area (Å²) in [5.74, 6) is 1.54. The Hall–Kier alpha value is -2.86. The Morgan fingerprint density at radius 3 is 3.00 bits per heavy atom. The van der Waals surface area contributed by atoms with Crippen LogP contribution in [-0.4, -0.2) is 54.8 Å². The number of methoxy groups -OCH3 is 1. The van der Waals surface area contributed by atoms with Gasteiger partial charge >= 0.3 is 5.97 Å². The molecule has 30 heavy (non-hydrogen) atoms. The van der Waals surface area contributed by atoms with Crippen LogP contribution in [0.5, 0.6) is 11.5 Å². The third-order valence-corrected chi connectivity index (χ3v) is 7.48. The molecule has 0 saturated carbocycles. The summed E-state index contributed by atoms with van der Waals surface area (Å²) in [5.41, 5.74) is 2.86. The van der Waals surface area contributed by atoms with E-state index in [1.807, 2.05) is 12.1 Å². The van der Waals surface area contributed by atoms with Crippen LogP contribution in [0.2, 0.25) is 0 Å². The monoisotopic (exact) mass is 404 g/mol. The second kappa shape index (κ2) is 6.32. The van der Waals surface area contributed by atoms with Crippen molar-refractivity contribution in [2.75, 3.05) is 20.7 Å². The molecular weight excluding hydrogens is 380 g/mol. The maximum Gasteiger partial charge on any atom is 0.340 e. The van der Waals surface area contributed by atoms with E-state index in [-0.39, 0.29) is 17.5 Å². The molecule has 1 spiro atoms. The summed E-state index contributed by atoms with van der Waals surface area (Å²) in [6.07, 6.45) is 8.72. The maximum atomic E-state index is 12.8. The summed E-state index contributed by atoms with van der Waals surface area (Å²) in [5, 5.41) is 0. The number of hydrogen-bond donors (Lipinski definition) is 0. The van der Waals surface area contributed by atoms with Crippen molar-refractivity contribution in [3.8, 4) is 11.5 Å². The lowest BCUT2D eigenvalue weighted by Gasteiger charge is -2.56. The quantitative estimate of drug-likeness (QED) is 0.579. The first kappa shape index (κ1) is 18.0. The number of carbonyl (C=O) groups is 1. The lowest BCUT2D eigenvalue weighted by atomic mass is 9.53. The minimum Gasteiger partial charge on any atom is -0.493 e. The lowest BCUT2D eigenvalue weighted by molar-refractivity contribution is -0.0555. The number of pyridine rings is 1. The number of aromatic nitrogens is 1. The zero-order valence-electron chi connectivity index (χ0n) is 17.1. The van der Waals surface area contributed by atoms with Gasteiger partial charge in [0.15, 0.2) is 17.6 Å². The summed E-state index contributed by atoms with van der Waals surface area (Å²) in [4.78, 5) is 19.3. The van der Waals surface area contributed by atoms with Crippen LogP contribution in [0.3, 0.4) is 0 Å². The smallest absolute Gasteiger partial charge is 0.340 e. The molecule has 1 aromatic heterocycles. The normalized spacial score (nSPS) is 32.9. The van der Waals surface area contributed by atoms with E-state index in [0.717, 1.165) is 30.9 Å². The van der Waals surface area contributed by atoms with Crippen LogP contribution in [0.4, 0.5) is 0 Å². The second-order valence-electron chi connectivity index (χ2n) is 8.73. The average Bonchev–Trinajstić information content (AvgIpc) is 3.13. The number of esters is 1. The second-order valence-corrected chi connectivity index (χ2v) is 8.73. The maximum absolute atomic E-state index is 12.8. The third kappa shape index (κ3) is 2.23. The molecule has 154 valence electrons. The fourth-order valence-corrected chi connectivity index (χ4v) is 6.15. The first-order valence-corrected chi connectivity index (χ1v) is 10.5. The van der Waals surface area contributed by atoms with Gasteiger partial charge in [-0.2, -0.15) is 0 Å². The zero-order chi connectivity index (χ0) is 20.5. The fraction of sp³-hybridized carbons (Fsp3) is 0.417. The number of hydrogen-bond acceptors (Lipinski definition) is 6. The number of piperidine rings is 1. The predicted octanol–water partition coefficient (Wildman–Crippen LogP) is 2.76. The largest absolute Gasteiger partial charge is 0.493 e. The fourth-order valence-electron chi connectivity index (χ4n) is 6.15. The van der Waals surface area contributed by atoms with Crippen LogP contribution in [0.15, 0.2) is 48.8 Å². The van der Waals surface area contributed by atoms with E-state index in [2.05, 4.69) is 29.1 Å². The van der Waals surface area contributed by atoms with Gasteiger partial charge in [0.25, 0.3) is 0 Å². The minimum absolute atomic E-state index is 0.191. The predicted molar refractivity (Wildman–Crippen MR) is 110 cm³/mol. The van der Waals surface area contributed by atoms with Crippen molar-refractivity contribution in [2.45, 2.75) is 36.5 Å². The topological polar surface area (TPSA) is 60.9 Å². The van der Waals surface area contributed by atoms with Crippen LogP contribution < -0.4 is 9.47 Å². The number of rotatable bonds is 3. The van der Waals surface area contributed by atoms with Gasteiger partial charge in [0, 0.05) is 35.3 Å². The summed E-state index contributed by atoms with van der Waals surface area (Å²) < 4.78 is 18.2. The van der Waals surface area contributed by atoms with Crippen LogP contribution in [0.25, 0.3) is 0 Å². The van der Waals surface area contributed by atoms with Gasteiger partial charge in [-0.3, -0.25) is 4.98 Å². The molecule has 4 aliphatic rings. The van der Waals surface area contributed by atoms with Crippen molar-refractivity contribution in [3.63, 3.8) is 0 Å². The van der Waals surface area contributed by atoms with Gasteiger partial charge in [-0.25, -0.2) is 4.79 Å². The highest BCUT2D eigenvalue weighted by atomic mass is 16.6. The Morgan fingerprint density at radius 2 is 2.20 bits per heavy atom. The molecule has 2 aliphatic carbocycles. The molecule has 6 rings (SSSR count). The number of likely N-dealkylation sites (tertiary alicyclic amines) is 1. The van der Waals surface area contributed by atoms with Crippen molar-refractivity contribution < 1.29 is 19.0 Å². The van der Waals surface area contributed by atoms with Gasteiger partial charge in [0.05, 0.1) is 12.7 Å². The van der Waals surface area contributed by atoms with Crippen LogP contribution in [0.1, 0.15) is 27.9 Å². The van der Waals surface area contributed by atoms with Crippen LogP contribution in [-0.2, 0) is 16.6 Å². The zero-order valence-corrected chi connectivity index (χ0v) is 17.1. The number of ether oxygens (including phenoxy) is 3. The van der Waals surface area contributed by atoms with Gasteiger partial charge in [-0.1, -0.05) is 12.1 Å². The molecule has 2 aromatic rings. The van der Waals surface area contributed by atoms with Crippen molar-refractivity contribution in [3.05, 3.63) is 65.5 Å². The molecule has 6 heteroatoms. The first-order chi connectivity index (χ1) is 14.6. The molecule has 2 bridgehead atoms. The molecule has 1 fully saturated rings. The summed E-state index contributed by atoms with van der Waals surface area (Å²) in [6.45, 7) is 0.994. The van der Waals surface area contributed by atoms with E-state index in [0.29, 0.717) is 17.5 Å². The summed E-state index contributed by atoms with van der Waals surface area (Å²) in [7, 11) is 3.89. The van der Waals surface area contributed by atoms with Crippen molar-refractivity contribution >= 4 is 5.97 Å². The molecule has 5 atom stereocenters. The molecule has 0 radical (unpaired) electrons. The molecule has 0 N–H and O–H groups in total. The van der Waals surface area contributed by atoms with E-state index < -0.39 is 6.10 Å². The number of likely N-dealkylation sites (N-methyl/N-ethyl adjacent to an activating group) is 1. The molecule has 1 aromatic carbocycles. The van der Waals surface area contributed by atoms with Crippen molar-refractivity contribution in [1.29, 1.82) is 0 Å². The third-order valence-electron chi connectivity index (χ3n) is 7.48. The van der Waals surface area contributed by atoms with Crippen molar-refractivity contribution in [1.82, 2.24) is 9.88 Å². The van der Waals surface area contributed by atoms with E-state index in [9.17, 15) is 4.79 Å². The van der Waals surface area contributed by atoms with Crippen molar-refractivity contribution in [2.24, 2.45) is 5.92 Å². The molecule has 2 aliphatic heterocycles. The molecule has 0 unspecified atom stereocenters.